The monoisotopic (exact) mass is 251 g/mol. The van der Waals surface area contributed by atoms with Crippen molar-refractivity contribution in [3.63, 3.8) is 0 Å². The number of hydrogen-bond acceptors (Lipinski definition) is 3. The summed E-state index contributed by atoms with van der Waals surface area (Å²) in [6.07, 6.45) is 5.44. The Kier molecular flexibility index (Phi) is 3.92. The van der Waals surface area contributed by atoms with Crippen molar-refractivity contribution in [3.05, 3.63) is 0 Å². The summed E-state index contributed by atoms with van der Waals surface area (Å²) in [6.45, 7) is 11.3. The van der Waals surface area contributed by atoms with Gasteiger partial charge in [0.25, 0.3) is 0 Å². The number of nitrogens with zero attached hydrogens (tertiary/aromatic N) is 2. The Hall–Kier alpha value is -0.120. The van der Waals surface area contributed by atoms with Gasteiger partial charge in [-0.2, -0.15) is 0 Å². The van der Waals surface area contributed by atoms with Gasteiger partial charge < -0.3 is 10.2 Å². The van der Waals surface area contributed by atoms with E-state index >= 15 is 0 Å². The Labute approximate surface area is 112 Å². The Morgan fingerprint density at radius 3 is 2.67 bits per heavy atom. The van der Waals surface area contributed by atoms with Gasteiger partial charge in [0.05, 0.1) is 0 Å². The molecular formula is C15H29N3. The van der Waals surface area contributed by atoms with Crippen LogP contribution in [0.3, 0.4) is 0 Å². The first kappa shape index (κ1) is 12.9. The number of piperidine rings is 1. The van der Waals surface area contributed by atoms with Crippen LogP contribution in [0.5, 0.6) is 0 Å². The van der Waals surface area contributed by atoms with Crippen LogP contribution in [0, 0.1) is 5.92 Å². The van der Waals surface area contributed by atoms with Crippen LogP contribution in [-0.4, -0.2) is 60.6 Å². The van der Waals surface area contributed by atoms with Gasteiger partial charge in [-0.3, -0.25) is 4.90 Å². The lowest BCUT2D eigenvalue weighted by Gasteiger charge is -2.48. The van der Waals surface area contributed by atoms with Gasteiger partial charge in [0.2, 0.25) is 0 Å². The van der Waals surface area contributed by atoms with Crippen molar-refractivity contribution in [2.24, 2.45) is 5.92 Å². The van der Waals surface area contributed by atoms with E-state index in [1.54, 1.807) is 0 Å². The fourth-order valence-corrected chi connectivity index (χ4v) is 4.31. The van der Waals surface area contributed by atoms with Crippen LogP contribution in [-0.2, 0) is 0 Å². The zero-order valence-electron chi connectivity index (χ0n) is 12.1. The quantitative estimate of drug-likeness (QED) is 0.821. The molecule has 104 valence electrons. The summed E-state index contributed by atoms with van der Waals surface area (Å²) in [4.78, 5) is 5.56. The van der Waals surface area contributed by atoms with Crippen molar-refractivity contribution in [1.29, 1.82) is 0 Å². The van der Waals surface area contributed by atoms with Gasteiger partial charge in [-0.15, -0.1) is 0 Å². The van der Waals surface area contributed by atoms with Crippen LogP contribution in [0.15, 0.2) is 0 Å². The van der Waals surface area contributed by atoms with Gasteiger partial charge in [-0.1, -0.05) is 13.8 Å². The van der Waals surface area contributed by atoms with Crippen LogP contribution in [0.2, 0.25) is 0 Å². The summed E-state index contributed by atoms with van der Waals surface area (Å²) in [5.74, 6) is 0.961. The van der Waals surface area contributed by atoms with Crippen LogP contribution in [0.1, 0.15) is 39.5 Å². The summed E-state index contributed by atoms with van der Waals surface area (Å²) < 4.78 is 0. The second-order valence-corrected chi connectivity index (χ2v) is 6.48. The van der Waals surface area contributed by atoms with Crippen LogP contribution in [0.25, 0.3) is 0 Å². The number of piperazine rings is 1. The molecular weight excluding hydrogens is 222 g/mol. The van der Waals surface area contributed by atoms with Crippen molar-refractivity contribution >= 4 is 0 Å². The van der Waals surface area contributed by atoms with Crippen LogP contribution < -0.4 is 5.32 Å². The molecule has 18 heavy (non-hydrogen) atoms. The summed E-state index contributed by atoms with van der Waals surface area (Å²) in [7, 11) is 0. The maximum atomic E-state index is 3.73. The van der Waals surface area contributed by atoms with Gasteiger partial charge in [0, 0.05) is 37.8 Å². The van der Waals surface area contributed by atoms with E-state index in [0.717, 1.165) is 24.0 Å². The molecule has 3 aliphatic heterocycles. The van der Waals surface area contributed by atoms with Gasteiger partial charge in [0.1, 0.15) is 0 Å². The van der Waals surface area contributed by atoms with E-state index in [1.165, 1.54) is 58.4 Å². The molecule has 0 aromatic rings. The Morgan fingerprint density at radius 1 is 1.06 bits per heavy atom. The molecule has 3 nitrogen and oxygen atoms in total. The summed E-state index contributed by atoms with van der Waals surface area (Å²) in [5, 5.41) is 3.73. The molecule has 3 heterocycles. The molecule has 0 aliphatic carbocycles. The van der Waals surface area contributed by atoms with E-state index in [0.29, 0.717) is 0 Å². The predicted octanol–water partition coefficient (Wildman–Crippen LogP) is 1.54. The molecule has 0 spiro atoms. The van der Waals surface area contributed by atoms with Crippen molar-refractivity contribution in [1.82, 2.24) is 15.1 Å². The van der Waals surface area contributed by atoms with E-state index in [4.69, 9.17) is 0 Å². The standard InChI is InChI=1S/C15H29N3/c1-3-13-11-18(14(4-2)9-16-13)15-6-8-17-7-5-12(15)10-17/h12-16H,3-11H2,1-2H3. The highest BCUT2D eigenvalue weighted by Gasteiger charge is 2.40. The van der Waals surface area contributed by atoms with E-state index < -0.39 is 0 Å². The second-order valence-electron chi connectivity index (χ2n) is 6.48. The fourth-order valence-electron chi connectivity index (χ4n) is 4.31. The molecule has 3 rings (SSSR count). The Balaban J connectivity index is 1.70. The van der Waals surface area contributed by atoms with E-state index in [1.807, 2.05) is 0 Å². The predicted molar refractivity (Wildman–Crippen MR) is 75.8 cm³/mol. The minimum atomic E-state index is 0.729. The first-order chi connectivity index (χ1) is 8.81. The molecule has 5 unspecified atom stereocenters. The SMILES string of the molecule is CCC1CN(C2CCN3CCC2C3)C(CC)CN1. The van der Waals surface area contributed by atoms with Crippen molar-refractivity contribution < 1.29 is 0 Å². The van der Waals surface area contributed by atoms with Gasteiger partial charge >= 0.3 is 0 Å². The van der Waals surface area contributed by atoms with Crippen molar-refractivity contribution in [2.45, 2.75) is 57.7 Å². The normalized spacial score (nSPS) is 45.3. The minimum Gasteiger partial charge on any atom is -0.311 e. The molecule has 0 aromatic heterocycles. The number of rotatable bonds is 3. The highest BCUT2D eigenvalue weighted by molar-refractivity contribution is 4.97. The molecule has 3 saturated heterocycles. The molecule has 1 N–H and O–H groups in total. The number of fused-ring (bicyclic) bond motifs is 2. The molecule has 5 atom stereocenters. The lowest BCUT2D eigenvalue weighted by Crippen LogP contribution is -2.61. The highest BCUT2D eigenvalue weighted by Crippen LogP contribution is 2.33. The molecule has 0 amide bonds. The van der Waals surface area contributed by atoms with Gasteiger partial charge in [-0.25, -0.2) is 0 Å². The van der Waals surface area contributed by atoms with E-state index in [9.17, 15) is 0 Å². The molecule has 0 aromatic carbocycles. The van der Waals surface area contributed by atoms with Crippen LogP contribution >= 0.6 is 0 Å². The lowest BCUT2D eigenvalue weighted by molar-refractivity contribution is 0.0288. The summed E-state index contributed by atoms with van der Waals surface area (Å²) in [5.41, 5.74) is 0. The summed E-state index contributed by atoms with van der Waals surface area (Å²) in [6, 6.07) is 2.39. The third-order valence-corrected chi connectivity index (χ3v) is 5.53. The minimum absolute atomic E-state index is 0.729. The van der Waals surface area contributed by atoms with Crippen LogP contribution in [0.4, 0.5) is 0 Å². The largest absolute Gasteiger partial charge is 0.311 e. The Morgan fingerprint density at radius 2 is 1.89 bits per heavy atom. The van der Waals surface area contributed by atoms with Gasteiger partial charge in [-0.05, 0) is 44.7 Å². The molecule has 2 bridgehead atoms. The maximum absolute atomic E-state index is 3.73. The second kappa shape index (κ2) is 5.48. The number of hydrogen-bond donors (Lipinski definition) is 1. The molecule has 0 radical (unpaired) electrons. The molecule has 3 heteroatoms. The average Bonchev–Trinajstić information content (AvgIpc) is 2.80. The summed E-state index contributed by atoms with van der Waals surface area (Å²) >= 11 is 0. The van der Waals surface area contributed by atoms with Crippen molar-refractivity contribution in [3.8, 4) is 0 Å². The smallest absolute Gasteiger partial charge is 0.0221 e. The third kappa shape index (κ3) is 2.33. The molecule has 3 fully saturated rings. The van der Waals surface area contributed by atoms with E-state index in [2.05, 4.69) is 29.0 Å². The topological polar surface area (TPSA) is 18.5 Å². The highest BCUT2D eigenvalue weighted by atomic mass is 15.3. The zero-order chi connectivity index (χ0) is 12.5. The first-order valence-corrected chi connectivity index (χ1v) is 8.03. The molecule has 0 saturated carbocycles. The zero-order valence-corrected chi connectivity index (χ0v) is 12.1. The lowest BCUT2D eigenvalue weighted by atomic mass is 9.89. The average molecular weight is 251 g/mol. The maximum Gasteiger partial charge on any atom is 0.0221 e. The van der Waals surface area contributed by atoms with Gasteiger partial charge in [0.15, 0.2) is 0 Å². The fraction of sp³-hybridized carbons (Fsp3) is 1.00. The first-order valence-electron chi connectivity index (χ1n) is 8.03. The Bertz CT molecular complexity index is 281. The third-order valence-electron chi connectivity index (χ3n) is 5.53. The van der Waals surface area contributed by atoms with E-state index in [-0.39, 0.29) is 0 Å². The molecule has 3 aliphatic rings. The number of nitrogens with one attached hydrogen (secondary N) is 1. The van der Waals surface area contributed by atoms with Crippen molar-refractivity contribution in [2.75, 3.05) is 32.7 Å².